The second-order valence-electron chi connectivity index (χ2n) is 5.95. The highest BCUT2D eigenvalue weighted by Gasteiger charge is 2.20. The number of aliphatic hydroxyl groups is 1. The second-order valence-corrected chi connectivity index (χ2v) is 5.95. The van der Waals surface area contributed by atoms with E-state index in [0.29, 0.717) is 6.42 Å². The largest absolute Gasteiger partial charge is 0.497 e. The van der Waals surface area contributed by atoms with E-state index in [9.17, 15) is 9.90 Å². The average molecular weight is 339 g/mol. The smallest absolute Gasteiger partial charge is 0.247 e. The molecule has 0 saturated heterocycles. The van der Waals surface area contributed by atoms with Crippen LogP contribution in [0.3, 0.4) is 0 Å². The standard InChI is InChI=1S/C21H25NO3/c1-16(18-10-7-11-19(15-18)25-3)14-21(24)22(2)20(12-13-23)17-8-5-4-6-9-17/h4-11,14-15,20,23H,12-13H2,1-3H3/b16-14+. The molecule has 0 radical (unpaired) electrons. The van der Waals surface area contributed by atoms with Crippen molar-refractivity contribution < 1.29 is 14.6 Å². The highest BCUT2D eigenvalue weighted by atomic mass is 16.5. The number of methoxy groups -OCH3 is 1. The highest BCUT2D eigenvalue weighted by molar-refractivity contribution is 5.95. The van der Waals surface area contributed by atoms with E-state index < -0.39 is 0 Å². The Hall–Kier alpha value is -2.59. The first kappa shape index (κ1) is 18.7. The Labute approximate surface area is 149 Å². The lowest BCUT2D eigenvalue weighted by Crippen LogP contribution is -2.30. The van der Waals surface area contributed by atoms with Gasteiger partial charge in [-0.05, 0) is 42.2 Å². The third kappa shape index (κ3) is 4.94. The van der Waals surface area contributed by atoms with E-state index in [1.165, 1.54) is 0 Å². The van der Waals surface area contributed by atoms with E-state index in [1.54, 1.807) is 25.1 Å². The van der Waals surface area contributed by atoms with Gasteiger partial charge in [0.2, 0.25) is 5.91 Å². The van der Waals surface area contributed by atoms with Crippen LogP contribution in [0.4, 0.5) is 0 Å². The molecule has 4 heteroatoms. The Balaban J connectivity index is 2.21. The average Bonchev–Trinajstić information content (AvgIpc) is 2.66. The Kier molecular flexibility index (Phi) is 6.78. The van der Waals surface area contributed by atoms with Crippen LogP contribution in [-0.2, 0) is 4.79 Å². The molecule has 0 aliphatic carbocycles. The minimum Gasteiger partial charge on any atom is -0.497 e. The maximum atomic E-state index is 12.7. The lowest BCUT2D eigenvalue weighted by Gasteiger charge is -2.27. The van der Waals surface area contributed by atoms with Gasteiger partial charge in [0, 0.05) is 19.7 Å². The van der Waals surface area contributed by atoms with E-state index in [0.717, 1.165) is 22.4 Å². The lowest BCUT2D eigenvalue weighted by atomic mass is 10.0. The van der Waals surface area contributed by atoms with E-state index in [1.807, 2.05) is 61.5 Å². The molecule has 2 aromatic rings. The molecule has 2 aromatic carbocycles. The predicted octanol–water partition coefficient (Wildman–Crippen LogP) is 3.68. The van der Waals surface area contributed by atoms with Crippen molar-refractivity contribution in [1.82, 2.24) is 4.90 Å². The second kappa shape index (κ2) is 9.04. The summed E-state index contributed by atoms with van der Waals surface area (Å²) in [5, 5.41) is 9.38. The Bertz CT molecular complexity index is 725. The van der Waals surface area contributed by atoms with E-state index in [4.69, 9.17) is 4.74 Å². The summed E-state index contributed by atoms with van der Waals surface area (Å²) in [6.07, 6.45) is 2.13. The Morgan fingerprint density at radius 3 is 2.56 bits per heavy atom. The van der Waals surface area contributed by atoms with Crippen LogP contribution in [0, 0.1) is 0 Å². The molecule has 1 N–H and O–H groups in total. The zero-order valence-corrected chi connectivity index (χ0v) is 15.0. The summed E-state index contributed by atoms with van der Waals surface area (Å²) in [6, 6.07) is 17.2. The predicted molar refractivity (Wildman–Crippen MR) is 100 cm³/mol. The number of amides is 1. The molecular weight excluding hydrogens is 314 g/mol. The quantitative estimate of drug-likeness (QED) is 0.783. The number of allylic oxidation sites excluding steroid dienone is 1. The molecule has 0 aromatic heterocycles. The summed E-state index contributed by atoms with van der Waals surface area (Å²) < 4.78 is 5.24. The van der Waals surface area contributed by atoms with Gasteiger partial charge in [0.05, 0.1) is 13.2 Å². The van der Waals surface area contributed by atoms with Crippen LogP contribution in [-0.4, -0.2) is 36.7 Å². The van der Waals surface area contributed by atoms with Gasteiger partial charge >= 0.3 is 0 Å². The van der Waals surface area contributed by atoms with E-state index in [-0.39, 0.29) is 18.6 Å². The van der Waals surface area contributed by atoms with Crippen LogP contribution in [0.2, 0.25) is 0 Å². The van der Waals surface area contributed by atoms with E-state index >= 15 is 0 Å². The summed E-state index contributed by atoms with van der Waals surface area (Å²) >= 11 is 0. The maximum absolute atomic E-state index is 12.7. The Morgan fingerprint density at radius 2 is 1.92 bits per heavy atom. The van der Waals surface area contributed by atoms with Gasteiger partial charge in [0.15, 0.2) is 0 Å². The zero-order chi connectivity index (χ0) is 18.2. The van der Waals surface area contributed by atoms with Crippen LogP contribution >= 0.6 is 0 Å². The number of carbonyl (C=O) groups is 1. The third-order valence-corrected chi connectivity index (χ3v) is 4.27. The number of hydrogen-bond acceptors (Lipinski definition) is 3. The molecule has 0 saturated carbocycles. The number of benzene rings is 2. The van der Waals surface area contributed by atoms with Crippen molar-refractivity contribution in [2.75, 3.05) is 20.8 Å². The van der Waals surface area contributed by atoms with Gasteiger partial charge in [-0.1, -0.05) is 42.5 Å². The van der Waals surface area contributed by atoms with Gasteiger partial charge in [-0.3, -0.25) is 4.79 Å². The minimum atomic E-state index is -0.159. The minimum absolute atomic E-state index is 0.0236. The van der Waals surface area contributed by atoms with Crippen molar-refractivity contribution >= 4 is 11.5 Å². The summed E-state index contributed by atoms with van der Waals surface area (Å²) in [7, 11) is 3.39. The summed E-state index contributed by atoms with van der Waals surface area (Å²) in [5.74, 6) is 0.663. The maximum Gasteiger partial charge on any atom is 0.247 e. The molecule has 0 spiro atoms. The molecule has 0 aliphatic rings. The molecule has 1 atom stereocenters. The van der Waals surface area contributed by atoms with Gasteiger partial charge in [0.1, 0.15) is 5.75 Å². The first-order valence-corrected chi connectivity index (χ1v) is 8.32. The van der Waals surface area contributed by atoms with Crippen molar-refractivity contribution in [3.63, 3.8) is 0 Å². The lowest BCUT2D eigenvalue weighted by molar-refractivity contribution is -0.127. The van der Waals surface area contributed by atoms with Crippen molar-refractivity contribution in [2.24, 2.45) is 0 Å². The normalized spacial score (nSPS) is 12.6. The fourth-order valence-electron chi connectivity index (χ4n) is 2.77. The zero-order valence-electron chi connectivity index (χ0n) is 15.0. The Morgan fingerprint density at radius 1 is 1.20 bits per heavy atom. The van der Waals surface area contributed by atoms with Gasteiger partial charge in [-0.15, -0.1) is 0 Å². The van der Waals surface area contributed by atoms with Gasteiger partial charge in [0.25, 0.3) is 0 Å². The molecule has 2 rings (SSSR count). The van der Waals surface area contributed by atoms with Crippen LogP contribution in [0.5, 0.6) is 5.75 Å². The molecule has 1 unspecified atom stereocenters. The van der Waals surface area contributed by atoms with Crippen molar-refractivity contribution in [1.29, 1.82) is 0 Å². The van der Waals surface area contributed by atoms with Gasteiger partial charge < -0.3 is 14.7 Å². The van der Waals surface area contributed by atoms with Crippen LogP contribution in [0.25, 0.3) is 5.57 Å². The van der Waals surface area contributed by atoms with E-state index in [2.05, 4.69) is 0 Å². The molecule has 132 valence electrons. The third-order valence-electron chi connectivity index (χ3n) is 4.27. The summed E-state index contributed by atoms with van der Waals surface area (Å²) in [6.45, 7) is 1.93. The number of ether oxygens (including phenoxy) is 1. The molecular formula is C21H25NO3. The molecule has 0 aliphatic heterocycles. The van der Waals surface area contributed by atoms with Crippen LogP contribution < -0.4 is 4.74 Å². The van der Waals surface area contributed by atoms with Crippen molar-refractivity contribution in [3.05, 3.63) is 71.8 Å². The summed E-state index contributed by atoms with van der Waals surface area (Å²) in [4.78, 5) is 14.4. The number of nitrogens with zero attached hydrogens (tertiary/aromatic N) is 1. The van der Waals surface area contributed by atoms with Crippen molar-refractivity contribution in [3.8, 4) is 5.75 Å². The van der Waals surface area contributed by atoms with Gasteiger partial charge in [-0.25, -0.2) is 0 Å². The first-order chi connectivity index (χ1) is 12.1. The van der Waals surface area contributed by atoms with Gasteiger partial charge in [-0.2, -0.15) is 0 Å². The number of likely N-dealkylation sites (N-methyl/N-ethyl adjacent to an activating group) is 1. The monoisotopic (exact) mass is 339 g/mol. The first-order valence-electron chi connectivity index (χ1n) is 8.32. The fraction of sp³-hybridized carbons (Fsp3) is 0.286. The fourth-order valence-corrected chi connectivity index (χ4v) is 2.77. The molecule has 0 fully saturated rings. The molecule has 25 heavy (non-hydrogen) atoms. The number of rotatable bonds is 7. The summed E-state index contributed by atoms with van der Waals surface area (Å²) in [5.41, 5.74) is 2.82. The highest BCUT2D eigenvalue weighted by Crippen LogP contribution is 2.24. The molecule has 0 bridgehead atoms. The van der Waals surface area contributed by atoms with Crippen LogP contribution in [0.1, 0.15) is 30.5 Å². The topological polar surface area (TPSA) is 49.8 Å². The van der Waals surface area contributed by atoms with Crippen molar-refractivity contribution in [2.45, 2.75) is 19.4 Å². The molecule has 4 nitrogen and oxygen atoms in total. The molecule has 1 amide bonds. The molecule has 0 heterocycles. The van der Waals surface area contributed by atoms with Crippen LogP contribution in [0.15, 0.2) is 60.7 Å². The number of carbonyl (C=O) groups excluding carboxylic acids is 1. The number of aliphatic hydroxyl groups excluding tert-OH is 1. The number of hydrogen-bond donors (Lipinski definition) is 1. The SMILES string of the molecule is COc1cccc(/C(C)=C/C(=O)N(C)C(CCO)c2ccccc2)c1.